The molecule has 9 heteroatoms. The number of aromatic nitrogens is 4. The molecule has 3 aromatic rings. The number of nitrogens with zero attached hydrogens (tertiary/aromatic N) is 6. The Labute approximate surface area is 186 Å². The molecule has 3 heterocycles. The number of hydrogen-bond donors (Lipinski definition) is 1. The van der Waals surface area contributed by atoms with Crippen LogP contribution in [0.1, 0.15) is 31.7 Å². The van der Waals surface area contributed by atoms with Crippen LogP contribution in [0.3, 0.4) is 0 Å². The first-order valence-electron chi connectivity index (χ1n) is 11.1. The van der Waals surface area contributed by atoms with E-state index in [9.17, 15) is 8.78 Å². The Bertz CT molecular complexity index is 1090. The number of anilines is 3. The molecule has 0 bridgehead atoms. The minimum absolute atomic E-state index is 0.182. The fraction of sp³-hybridized carbons (Fsp3) is 0.435. The first-order valence-corrected chi connectivity index (χ1v) is 11.1. The maximum atomic E-state index is 14.8. The molecule has 1 aliphatic heterocycles. The third-order valence-electron chi connectivity index (χ3n) is 6.37. The summed E-state index contributed by atoms with van der Waals surface area (Å²) in [5.41, 5.74) is 1.89. The van der Waals surface area contributed by atoms with Crippen LogP contribution in [0, 0.1) is 11.6 Å². The molecule has 2 fully saturated rings. The molecule has 0 amide bonds. The average molecular weight is 440 g/mol. The number of piperazine rings is 1. The number of hydrogen-bond acceptors (Lipinski definition) is 6. The molecule has 1 N–H and O–H groups in total. The molecule has 0 atom stereocenters. The largest absolute Gasteiger partial charge is 0.367 e. The lowest BCUT2D eigenvalue weighted by Crippen LogP contribution is -2.44. The van der Waals surface area contributed by atoms with Crippen molar-refractivity contribution >= 4 is 17.3 Å². The lowest BCUT2D eigenvalue weighted by Gasteiger charge is -2.34. The van der Waals surface area contributed by atoms with Crippen molar-refractivity contribution in [3.63, 3.8) is 0 Å². The van der Waals surface area contributed by atoms with Crippen LogP contribution in [0.25, 0.3) is 11.3 Å². The minimum Gasteiger partial charge on any atom is -0.367 e. The van der Waals surface area contributed by atoms with Crippen molar-refractivity contribution in [3.05, 3.63) is 48.4 Å². The summed E-state index contributed by atoms with van der Waals surface area (Å²) in [6, 6.07) is 5.35. The van der Waals surface area contributed by atoms with E-state index in [4.69, 9.17) is 0 Å². The highest BCUT2D eigenvalue weighted by atomic mass is 19.1. The van der Waals surface area contributed by atoms with Gasteiger partial charge in [-0.15, -0.1) is 0 Å². The third-order valence-corrected chi connectivity index (χ3v) is 6.37. The summed E-state index contributed by atoms with van der Waals surface area (Å²) in [5.74, 6) is -0.611. The standard InChI is InChI=1S/C23H27F2N7/c1-30-8-10-31(11-9-30)21-7-6-17(12-19(21)24)28-23-26-14-20(25)22(29-23)16-13-27-32(15-16)18-4-2-3-5-18/h6-7,12-15,18H,2-5,8-11H2,1H3,(H,26,28,29). The highest BCUT2D eigenvalue weighted by Crippen LogP contribution is 2.31. The molecule has 2 aromatic heterocycles. The fourth-order valence-corrected chi connectivity index (χ4v) is 4.48. The van der Waals surface area contributed by atoms with Crippen molar-refractivity contribution in [3.8, 4) is 11.3 Å². The van der Waals surface area contributed by atoms with Crippen LogP contribution in [0.2, 0.25) is 0 Å². The summed E-state index contributed by atoms with van der Waals surface area (Å²) < 4.78 is 31.2. The molecule has 5 rings (SSSR count). The first-order chi connectivity index (χ1) is 15.6. The minimum atomic E-state index is -0.516. The van der Waals surface area contributed by atoms with E-state index in [2.05, 4.69) is 32.3 Å². The van der Waals surface area contributed by atoms with Crippen molar-refractivity contribution in [1.82, 2.24) is 24.6 Å². The second-order valence-corrected chi connectivity index (χ2v) is 8.62. The molecule has 168 valence electrons. The SMILES string of the molecule is CN1CCN(c2ccc(Nc3ncc(F)c(-c4cnn(C5CCCC5)c4)n3)cc2F)CC1. The summed E-state index contributed by atoms with van der Waals surface area (Å²) in [6.07, 6.45) is 9.19. The van der Waals surface area contributed by atoms with E-state index in [-0.39, 0.29) is 17.5 Å². The van der Waals surface area contributed by atoms with E-state index in [0.717, 1.165) is 45.2 Å². The molecule has 0 radical (unpaired) electrons. The number of nitrogens with one attached hydrogen (secondary N) is 1. The van der Waals surface area contributed by atoms with E-state index < -0.39 is 5.82 Å². The molecule has 7 nitrogen and oxygen atoms in total. The Hall–Kier alpha value is -3.07. The highest BCUT2D eigenvalue weighted by Gasteiger charge is 2.20. The van der Waals surface area contributed by atoms with Crippen molar-refractivity contribution in [2.45, 2.75) is 31.7 Å². The predicted octanol–water partition coefficient (Wildman–Crippen LogP) is 4.23. The molecular formula is C23H27F2N7. The molecule has 2 aliphatic rings. The summed E-state index contributed by atoms with van der Waals surface area (Å²) in [5, 5.41) is 7.41. The highest BCUT2D eigenvalue weighted by molar-refractivity contribution is 5.63. The summed E-state index contributed by atoms with van der Waals surface area (Å²) in [7, 11) is 2.07. The second-order valence-electron chi connectivity index (χ2n) is 8.62. The predicted molar refractivity (Wildman–Crippen MR) is 120 cm³/mol. The zero-order valence-electron chi connectivity index (χ0n) is 18.1. The smallest absolute Gasteiger partial charge is 0.227 e. The fourth-order valence-electron chi connectivity index (χ4n) is 4.48. The van der Waals surface area contributed by atoms with Gasteiger partial charge in [-0.3, -0.25) is 4.68 Å². The lowest BCUT2D eigenvalue weighted by molar-refractivity contribution is 0.311. The number of rotatable bonds is 5. The van der Waals surface area contributed by atoms with Gasteiger partial charge in [0.2, 0.25) is 5.95 Å². The molecule has 1 aliphatic carbocycles. The number of likely N-dealkylation sites (N-methyl/N-ethyl adjacent to an activating group) is 1. The van der Waals surface area contributed by atoms with Crippen LogP contribution < -0.4 is 10.2 Å². The number of halogens is 2. The monoisotopic (exact) mass is 439 g/mol. The van der Waals surface area contributed by atoms with E-state index in [1.807, 2.05) is 15.8 Å². The molecule has 32 heavy (non-hydrogen) atoms. The summed E-state index contributed by atoms with van der Waals surface area (Å²) in [6.45, 7) is 3.39. The van der Waals surface area contributed by atoms with Gasteiger partial charge in [0.05, 0.1) is 24.1 Å². The first kappa shape index (κ1) is 20.8. The van der Waals surface area contributed by atoms with Crippen molar-refractivity contribution < 1.29 is 8.78 Å². The van der Waals surface area contributed by atoms with Crippen LogP contribution in [0.5, 0.6) is 0 Å². The Balaban J connectivity index is 1.33. The Kier molecular flexibility index (Phi) is 5.73. The molecule has 1 aromatic carbocycles. The normalized spacial score (nSPS) is 17.8. The van der Waals surface area contributed by atoms with E-state index in [1.165, 1.54) is 18.9 Å². The van der Waals surface area contributed by atoms with Gasteiger partial charge in [0.25, 0.3) is 0 Å². The molecule has 1 saturated heterocycles. The quantitative estimate of drug-likeness (QED) is 0.642. The van der Waals surface area contributed by atoms with Gasteiger partial charge < -0.3 is 15.1 Å². The van der Waals surface area contributed by atoms with Gasteiger partial charge in [-0.2, -0.15) is 5.10 Å². The van der Waals surface area contributed by atoms with E-state index >= 15 is 0 Å². The van der Waals surface area contributed by atoms with Gasteiger partial charge in [0, 0.05) is 43.6 Å². The van der Waals surface area contributed by atoms with Crippen molar-refractivity contribution in [1.29, 1.82) is 0 Å². The Morgan fingerprint density at radius 1 is 1.00 bits per heavy atom. The van der Waals surface area contributed by atoms with Gasteiger partial charge >= 0.3 is 0 Å². The van der Waals surface area contributed by atoms with Crippen LogP contribution in [0.4, 0.5) is 26.1 Å². The second kappa shape index (κ2) is 8.82. The van der Waals surface area contributed by atoms with Gasteiger partial charge in [-0.25, -0.2) is 18.7 Å². The molecule has 1 saturated carbocycles. The zero-order valence-corrected chi connectivity index (χ0v) is 18.1. The van der Waals surface area contributed by atoms with Crippen molar-refractivity contribution in [2.75, 3.05) is 43.4 Å². The van der Waals surface area contributed by atoms with Crippen LogP contribution in [0.15, 0.2) is 36.8 Å². The molecule has 0 spiro atoms. The van der Waals surface area contributed by atoms with Crippen LogP contribution >= 0.6 is 0 Å². The van der Waals surface area contributed by atoms with Crippen LogP contribution in [-0.2, 0) is 0 Å². The van der Waals surface area contributed by atoms with Gasteiger partial charge in [0.1, 0.15) is 11.5 Å². The summed E-state index contributed by atoms with van der Waals surface area (Å²) in [4.78, 5) is 12.6. The van der Waals surface area contributed by atoms with E-state index in [0.29, 0.717) is 23.0 Å². The lowest BCUT2D eigenvalue weighted by atomic mass is 10.2. The Morgan fingerprint density at radius 2 is 1.78 bits per heavy atom. The average Bonchev–Trinajstić information content (AvgIpc) is 3.48. The van der Waals surface area contributed by atoms with Gasteiger partial charge in [-0.1, -0.05) is 12.8 Å². The van der Waals surface area contributed by atoms with Gasteiger partial charge in [-0.05, 0) is 38.1 Å². The molecular weight excluding hydrogens is 412 g/mol. The van der Waals surface area contributed by atoms with Crippen molar-refractivity contribution in [2.24, 2.45) is 0 Å². The summed E-state index contributed by atoms with van der Waals surface area (Å²) >= 11 is 0. The Morgan fingerprint density at radius 3 is 2.53 bits per heavy atom. The van der Waals surface area contributed by atoms with E-state index in [1.54, 1.807) is 18.3 Å². The number of benzene rings is 1. The maximum absolute atomic E-state index is 14.8. The maximum Gasteiger partial charge on any atom is 0.227 e. The van der Waals surface area contributed by atoms with Crippen LogP contribution in [-0.4, -0.2) is 57.9 Å². The topological polar surface area (TPSA) is 62.1 Å². The zero-order chi connectivity index (χ0) is 22.1. The van der Waals surface area contributed by atoms with Gasteiger partial charge in [0.15, 0.2) is 5.82 Å². The molecule has 0 unspecified atom stereocenters. The third kappa shape index (κ3) is 4.29.